The van der Waals surface area contributed by atoms with Crippen LogP contribution >= 0.6 is 15.9 Å². The molecular weight excluding hydrogens is 468 g/mol. The quantitative estimate of drug-likeness (QED) is 0.433. The second kappa shape index (κ2) is 8.14. The van der Waals surface area contributed by atoms with Crippen molar-refractivity contribution in [3.8, 4) is 11.1 Å². The van der Waals surface area contributed by atoms with Crippen LogP contribution in [0.4, 0.5) is 5.69 Å². The van der Waals surface area contributed by atoms with E-state index in [2.05, 4.69) is 26.0 Å². The lowest BCUT2D eigenvalue weighted by molar-refractivity contribution is -0.116. The summed E-state index contributed by atoms with van der Waals surface area (Å²) in [6, 6.07) is 18.8. The Labute approximate surface area is 182 Å². The Balaban J connectivity index is 1.37. The number of nitrogens with one attached hydrogen (secondary N) is 2. The molecular formula is C22H17BrN2O4S. The molecule has 0 saturated carbocycles. The van der Waals surface area contributed by atoms with Gasteiger partial charge in [-0.15, -0.1) is 0 Å². The maximum absolute atomic E-state index is 12.6. The van der Waals surface area contributed by atoms with E-state index in [1.54, 1.807) is 30.3 Å². The molecule has 4 rings (SSSR count). The number of hydrogen-bond acceptors (Lipinski definition) is 4. The predicted molar refractivity (Wildman–Crippen MR) is 118 cm³/mol. The first-order chi connectivity index (χ1) is 14.3. The molecule has 0 radical (unpaired) electrons. The number of carbonyl (C=O) groups excluding carboxylic acids is 2. The summed E-state index contributed by atoms with van der Waals surface area (Å²) < 4.78 is 27.7. The fourth-order valence-electron chi connectivity index (χ4n) is 3.33. The van der Waals surface area contributed by atoms with Crippen molar-refractivity contribution in [2.75, 3.05) is 11.9 Å². The molecule has 0 unspecified atom stereocenters. The summed E-state index contributed by atoms with van der Waals surface area (Å²) in [5.41, 5.74) is 3.42. The van der Waals surface area contributed by atoms with Crippen LogP contribution in [0.1, 0.15) is 22.3 Å². The van der Waals surface area contributed by atoms with Gasteiger partial charge in [0.2, 0.25) is 15.9 Å². The van der Waals surface area contributed by atoms with Gasteiger partial charge in [-0.1, -0.05) is 46.3 Å². The summed E-state index contributed by atoms with van der Waals surface area (Å²) in [6.45, 7) is -0.0421. The number of sulfonamides is 1. The molecule has 0 aromatic heterocycles. The number of fused-ring (bicyclic) bond motifs is 3. The Morgan fingerprint density at radius 2 is 1.53 bits per heavy atom. The van der Waals surface area contributed by atoms with Crippen LogP contribution < -0.4 is 10.0 Å². The van der Waals surface area contributed by atoms with Crippen LogP contribution in [0.15, 0.2) is 76.1 Å². The average Bonchev–Trinajstić information content (AvgIpc) is 3.00. The van der Waals surface area contributed by atoms with Gasteiger partial charge in [-0.2, -0.15) is 0 Å². The highest BCUT2D eigenvalue weighted by Gasteiger charge is 2.26. The molecule has 2 N–H and O–H groups in total. The molecule has 6 nitrogen and oxygen atoms in total. The molecule has 3 aromatic carbocycles. The average molecular weight is 485 g/mol. The second-order valence-electron chi connectivity index (χ2n) is 6.78. The Hall–Kier alpha value is -2.81. The summed E-state index contributed by atoms with van der Waals surface area (Å²) in [6.07, 6.45) is -0.0407. The van der Waals surface area contributed by atoms with Gasteiger partial charge >= 0.3 is 0 Å². The van der Waals surface area contributed by atoms with Crippen LogP contribution in [0.5, 0.6) is 0 Å². The minimum absolute atomic E-state index is 0.0407. The fourth-order valence-corrected chi connectivity index (χ4v) is 4.62. The molecule has 152 valence electrons. The Kier molecular flexibility index (Phi) is 5.55. The zero-order valence-corrected chi connectivity index (χ0v) is 18.1. The maximum Gasteiger partial charge on any atom is 0.240 e. The van der Waals surface area contributed by atoms with E-state index in [-0.39, 0.29) is 29.6 Å². The zero-order valence-electron chi connectivity index (χ0n) is 15.7. The largest absolute Gasteiger partial charge is 0.326 e. The molecule has 1 aliphatic carbocycles. The number of anilines is 1. The zero-order chi connectivity index (χ0) is 21.3. The van der Waals surface area contributed by atoms with Gasteiger partial charge in [0.05, 0.1) is 4.90 Å². The smallest absolute Gasteiger partial charge is 0.240 e. The van der Waals surface area contributed by atoms with E-state index in [1.807, 2.05) is 24.3 Å². The monoisotopic (exact) mass is 484 g/mol. The number of amides is 1. The summed E-state index contributed by atoms with van der Waals surface area (Å²) in [5.74, 6) is -0.421. The molecule has 0 bridgehead atoms. The first kappa shape index (κ1) is 20.5. The standard InChI is InChI=1S/C22H17BrN2O4S/c23-14-5-8-16(9-6-14)30(28,29)24-12-11-21(26)25-15-7-10-18-17-3-1-2-4-19(17)22(27)20(18)13-15/h1-10,13,24H,11-12H2,(H,25,26). The minimum Gasteiger partial charge on any atom is -0.326 e. The van der Waals surface area contributed by atoms with Crippen LogP contribution in [0, 0.1) is 0 Å². The molecule has 30 heavy (non-hydrogen) atoms. The maximum atomic E-state index is 12.6. The third-order valence-corrected chi connectivity index (χ3v) is 6.78. The first-order valence-corrected chi connectivity index (χ1v) is 11.5. The highest BCUT2D eigenvalue weighted by molar-refractivity contribution is 9.10. The lowest BCUT2D eigenvalue weighted by atomic mass is 10.1. The Bertz CT molecular complexity index is 1250. The van der Waals surface area contributed by atoms with E-state index in [1.165, 1.54) is 12.1 Å². The normalized spacial score (nSPS) is 12.4. The van der Waals surface area contributed by atoms with Crippen molar-refractivity contribution in [3.05, 3.63) is 82.3 Å². The highest BCUT2D eigenvalue weighted by Crippen LogP contribution is 2.37. The van der Waals surface area contributed by atoms with Gasteiger partial charge in [-0.3, -0.25) is 9.59 Å². The predicted octanol–water partition coefficient (Wildman–Crippen LogP) is 3.97. The Morgan fingerprint density at radius 1 is 0.867 bits per heavy atom. The SMILES string of the molecule is O=C(CCNS(=O)(=O)c1ccc(Br)cc1)Nc1ccc2c(c1)C(=O)c1ccccc1-2. The molecule has 0 aliphatic heterocycles. The van der Waals surface area contributed by atoms with Crippen LogP contribution in [0.3, 0.4) is 0 Å². The second-order valence-corrected chi connectivity index (χ2v) is 9.47. The molecule has 0 saturated heterocycles. The van der Waals surface area contributed by atoms with Gasteiger partial charge in [0.15, 0.2) is 5.78 Å². The number of ketones is 1. The van der Waals surface area contributed by atoms with E-state index < -0.39 is 10.0 Å². The third-order valence-electron chi connectivity index (χ3n) is 4.78. The molecule has 1 amide bonds. The van der Waals surface area contributed by atoms with E-state index in [0.29, 0.717) is 16.8 Å². The molecule has 0 fully saturated rings. The number of benzene rings is 3. The lowest BCUT2D eigenvalue weighted by Crippen LogP contribution is -2.27. The molecule has 3 aromatic rings. The first-order valence-electron chi connectivity index (χ1n) is 9.18. The molecule has 0 heterocycles. The fraction of sp³-hybridized carbons (Fsp3) is 0.0909. The van der Waals surface area contributed by atoms with E-state index >= 15 is 0 Å². The topological polar surface area (TPSA) is 92.3 Å². The van der Waals surface area contributed by atoms with Crippen LogP contribution in [0.25, 0.3) is 11.1 Å². The van der Waals surface area contributed by atoms with Crippen molar-refractivity contribution in [1.82, 2.24) is 4.72 Å². The molecule has 0 spiro atoms. The van der Waals surface area contributed by atoms with Gasteiger partial charge in [-0.05, 0) is 47.5 Å². The van der Waals surface area contributed by atoms with Gasteiger partial charge in [0.1, 0.15) is 0 Å². The van der Waals surface area contributed by atoms with Gasteiger partial charge < -0.3 is 5.32 Å². The molecule has 0 atom stereocenters. The van der Waals surface area contributed by atoms with E-state index in [0.717, 1.165) is 15.6 Å². The number of rotatable bonds is 6. The van der Waals surface area contributed by atoms with Gasteiger partial charge in [0, 0.05) is 34.3 Å². The van der Waals surface area contributed by atoms with Crippen molar-refractivity contribution < 1.29 is 18.0 Å². The highest BCUT2D eigenvalue weighted by atomic mass is 79.9. The van der Waals surface area contributed by atoms with E-state index in [4.69, 9.17) is 0 Å². The van der Waals surface area contributed by atoms with Gasteiger partial charge in [0.25, 0.3) is 0 Å². The van der Waals surface area contributed by atoms with Crippen LogP contribution in [0.2, 0.25) is 0 Å². The molecule has 8 heteroatoms. The van der Waals surface area contributed by atoms with Crippen molar-refractivity contribution in [1.29, 1.82) is 0 Å². The van der Waals surface area contributed by atoms with E-state index in [9.17, 15) is 18.0 Å². The van der Waals surface area contributed by atoms with Crippen LogP contribution in [-0.4, -0.2) is 26.7 Å². The van der Waals surface area contributed by atoms with Crippen LogP contribution in [-0.2, 0) is 14.8 Å². The van der Waals surface area contributed by atoms with Crippen molar-refractivity contribution in [3.63, 3.8) is 0 Å². The number of carbonyl (C=O) groups is 2. The number of halogens is 1. The van der Waals surface area contributed by atoms with Crippen molar-refractivity contribution >= 4 is 43.3 Å². The minimum atomic E-state index is -3.69. The summed E-state index contributed by atoms with van der Waals surface area (Å²) in [7, 11) is -3.69. The summed E-state index contributed by atoms with van der Waals surface area (Å²) in [4.78, 5) is 24.9. The summed E-state index contributed by atoms with van der Waals surface area (Å²) in [5, 5.41) is 2.72. The lowest BCUT2D eigenvalue weighted by Gasteiger charge is -2.09. The van der Waals surface area contributed by atoms with Crippen molar-refractivity contribution in [2.24, 2.45) is 0 Å². The third kappa shape index (κ3) is 4.07. The van der Waals surface area contributed by atoms with Crippen molar-refractivity contribution in [2.45, 2.75) is 11.3 Å². The summed E-state index contributed by atoms with van der Waals surface area (Å²) >= 11 is 3.26. The number of hydrogen-bond donors (Lipinski definition) is 2. The Morgan fingerprint density at radius 3 is 2.27 bits per heavy atom. The molecule has 1 aliphatic rings. The van der Waals surface area contributed by atoms with Gasteiger partial charge in [-0.25, -0.2) is 13.1 Å².